The first kappa shape index (κ1) is 20.8. The zero-order valence-electron chi connectivity index (χ0n) is 18.7. The largest absolute Gasteiger partial charge is 0.344 e. The standard InChI is InChI=1S/C26H28N4O/c1-17-11-13-20(14-12-17)21-15-22(25(31)27-18(2)19-9-7-6-8-10-19)30-24(28-21)16-23(29-30)26(3,4)5/h6-16,18H,1-5H3,(H,27,31). The summed E-state index contributed by atoms with van der Waals surface area (Å²) in [5.41, 5.74) is 5.84. The minimum Gasteiger partial charge on any atom is -0.344 e. The molecule has 31 heavy (non-hydrogen) atoms. The number of carbonyl (C=O) groups excluding carboxylic acids is 1. The van der Waals surface area contributed by atoms with E-state index in [0.29, 0.717) is 11.3 Å². The van der Waals surface area contributed by atoms with Gasteiger partial charge in [0.1, 0.15) is 5.69 Å². The summed E-state index contributed by atoms with van der Waals surface area (Å²) < 4.78 is 1.66. The van der Waals surface area contributed by atoms with E-state index >= 15 is 0 Å². The van der Waals surface area contributed by atoms with Crippen LogP contribution in [0.25, 0.3) is 16.9 Å². The molecule has 0 saturated heterocycles. The molecule has 0 bridgehead atoms. The lowest BCUT2D eigenvalue weighted by atomic mass is 9.93. The molecule has 0 radical (unpaired) electrons. The first-order chi connectivity index (χ1) is 14.7. The minimum atomic E-state index is -0.180. The zero-order chi connectivity index (χ0) is 22.2. The third kappa shape index (κ3) is 4.36. The fraction of sp³-hybridized carbons (Fsp3) is 0.269. The lowest BCUT2D eigenvalue weighted by Gasteiger charge is -2.16. The molecule has 1 unspecified atom stereocenters. The highest BCUT2D eigenvalue weighted by Crippen LogP contribution is 2.26. The van der Waals surface area contributed by atoms with Gasteiger partial charge in [-0.2, -0.15) is 5.10 Å². The van der Waals surface area contributed by atoms with Crippen molar-refractivity contribution in [2.75, 3.05) is 0 Å². The Balaban J connectivity index is 1.80. The SMILES string of the molecule is Cc1ccc(-c2cc(C(=O)NC(C)c3ccccc3)n3nc(C(C)(C)C)cc3n2)cc1. The molecule has 5 nitrogen and oxygen atoms in total. The van der Waals surface area contributed by atoms with Gasteiger partial charge in [-0.25, -0.2) is 9.50 Å². The van der Waals surface area contributed by atoms with Crippen LogP contribution >= 0.6 is 0 Å². The molecule has 0 spiro atoms. The van der Waals surface area contributed by atoms with Crippen molar-refractivity contribution in [3.05, 3.63) is 89.2 Å². The molecule has 1 atom stereocenters. The Bertz CT molecular complexity index is 1220. The van der Waals surface area contributed by atoms with Gasteiger partial charge in [0.05, 0.1) is 17.4 Å². The summed E-state index contributed by atoms with van der Waals surface area (Å²) in [5.74, 6) is -0.180. The molecule has 0 aliphatic heterocycles. The molecule has 158 valence electrons. The van der Waals surface area contributed by atoms with Crippen molar-refractivity contribution < 1.29 is 4.79 Å². The lowest BCUT2D eigenvalue weighted by Crippen LogP contribution is -2.29. The quantitative estimate of drug-likeness (QED) is 0.482. The van der Waals surface area contributed by atoms with Crippen molar-refractivity contribution in [2.45, 2.75) is 46.1 Å². The maximum absolute atomic E-state index is 13.3. The minimum absolute atomic E-state index is 0.127. The van der Waals surface area contributed by atoms with Crippen LogP contribution in [0.3, 0.4) is 0 Å². The summed E-state index contributed by atoms with van der Waals surface area (Å²) in [6, 6.07) is 21.8. The number of hydrogen-bond acceptors (Lipinski definition) is 3. The van der Waals surface area contributed by atoms with E-state index in [9.17, 15) is 4.79 Å². The molecule has 1 amide bonds. The number of nitrogens with zero attached hydrogens (tertiary/aromatic N) is 3. The second-order valence-corrected chi connectivity index (χ2v) is 9.05. The Morgan fingerprint density at radius 1 is 1.00 bits per heavy atom. The molecule has 2 aromatic carbocycles. The smallest absolute Gasteiger partial charge is 0.270 e. The van der Waals surface area contributed by atoms with E-state index in [4.69, 9.17) is 10.1 Å². The summed E-state index contributed by atoms with van der Waals surface area (Å²) in [7, 11) is 0. The number of aryl methyl sites for hydroxylation is 1. The van der Waals surface area contributed by atoms with Crippen LogP contribution in [0.15, 0.2) is 66.7 Å². The summed E-state index contributed by atoms with van der Waals surface area (Å²) in [4.78, 5) is 18.1. The molecule has 1 N–H and O–H groups in total. The van der Waals surface area contributed by atoms with Crippen LogP contribution in [0.4, 0.5) is 0 Å². The molecule has 2 heterocycles. The van der Waals surface area contributed by atoms with Gasteiger partial charge in [0.15, 0.2) is 5.65 Å². The van der Waals surface area contributed by atoms with Gasteiger partial charge in [-0.1, -0.05) is 80.9 Å². The Kier molecular flexibility index (Phi) is 5.36. The van der Waals surface area contributed by atoms with Crippen molar-refractivity contribution in [1.82, 2.24) is 19.9 Å². The fourth-order valence-electron chi connectivity index (χ4n) is 3.47. The average Bonchev–Trinajstić information content (AvgIpc) is 3.19. The topological polar surface area (TPSA) is 59.3 Å². The molecule has 4 rings (SSSR count). The molecule has 0 aliphatic rings. The van der Waals surface area contributed by atoms with E-state index in [1.807, 2.05) is 61.5 Å². The van der Waals surface area contributed by atoms with Crippen molar-refractivity contribution in [2.24, 2.45) is 0 Å². The number of nitrogens with one attached hydrogen (secondary N) is 1. The van der Waals surface area contributed by atoms with Gasteiger partial charge in [0.2, 0.25) is 0 Å². The van der Waals surface area contributed by atoms with E-state index in [1.165, 1.54) is 5.56 Å². The third-order valence-corrected chi connectivity index (χ3v) is 5.42. The van der Waals surface area contributed by atoms with Gasteiger partial charge in [0, 0.05) is 17.0 Å². The summed E-state index contributed by atoms with van der Waals surface area (Å²) in [6.45, 7) is 10.3. The van der Waals surface area contributed by atoms with Crippen molar-refractivity contribution in [1.29, 1.82) is 0 Å². The third-order valence-electron chi connectivity index (χ3n) is 5.42. The molecule has 4 aromatic rings. The monoisotopic (exact) mass is 412 g/mol. The Morgan fingerprint density at radius 2 is 1.68 bits per heavy atom. The van der Waals surface area contributed by atoms with Crippen LogP contribution < -0.4 is 5.32 Å². The number of amides is 1. The van der Waals surface area contributed by atoms with Crippen LogP contribution in [-0.4, -0.2) is 20.5 Å². The first-order valence-corrected chi connectivity index (χ1v) is 10.6. The summed E-state index contributed by atoms with van der Waals surface area (Å²) in [6.07, 6.45) is 0. The zero-order valence-corrected chi connectivity index (χ0v) is 18.7. The highest BCUT2D eigenvalue weighted by Gasteiger charge is 2.23. The molecule has 0 fully saturated rings. The number of aromatic nitrogens is 3. The van der Waals surface area contributed by atoms with Gasteiger partial charge < -0.3 is 5.32 Å². The Hall–Kier alpha value is -3.47. The number of fused-ring (bicyclic) bond motifs is 1. The van der Waals surface area contributed by atoms with Gasteiger partial charge in [-0.15, -0.1) is 0 Å². The van der Waals surface area contributed by atoms with Gasteiger partial charge in [-0.05, 0) is 25.5 Å². The maximum Gasteiger partial charge on any atom is 0.270 e. The predicted octanol–water partition coefficient (Wildman–Crippen LogP) is 5.49. The highest BCUT2D eigenvalue weighted by atomic mass is 16.2. The number of rotatable bonds is 4. The molecular formula is C26H28N4O. The van der Waals surface area contributed by atoms with Crippen LogP contribution in [-0.2, 0) is 5.41 Å². The van der Waals surface area contributed by atoms with E-state index < -0.39 is 0 Å². The molecule has 5 heteroatoms. The molecule has 0 aliphatic carbocycles. The van der Waals surface area contributed by atoms with Crippen LogP contribution in [0.2, 0.25) is 0 Å². The van der Waals surface area contributed by atoms with E-state index in [-0.39, 0.29) is 17.4 Å². The Morgan fingerprint density at radius 3 is 2.32 bits per heavy atom. The molecule has 0 saturated carbocycles. The second kappa shape index (κ2) is 7.99. The molecular weight excluding hydrogens is 384 g/mol. The first-order valence-electron chi connectivity index (χ1n) is 10.6. The van der Waals surface area contributed by atoms with Crippen LogP contribution in [0, 0.1) is 6.92 Å². The van der Waals surface area contributed by atoms with Crippen molar-refractivity contribution >= 4 is 11.6 Å². The number of hydrogen-bond donors (Lipinski definition) is 1. The van der Waals surface area contributed by atoms with Crippen molar-refractivity contribution in [3.8, 4) is 11.3 Å². The number of benzene rings is 2. The van der Waals surface area contributed by atoms with E-state index in [1.54, 1.807) is 4.52 Å². The van der Waals surface area contributed by atoms with Crippen LogP contribution in [0.1, 0.15) is 61.0 Å². The van der Waals surface area contributed by atoms with E-state index in [0.717, 1.165) is 22.5 Å². The lowest BCUT2D eigenvalue weighted by molar-refractivity contribution is 0.0932. The summed E-state index contributed by atoms with van der Waals surface area (Å²) >= 11 is 0. The highest BCUT2D eigenvalue weighted by molar-refractivity contribution is 5.94. The average molecular weight is 413 g/mol. The normalized spacial score (nSPS) is 12.7. The van der Waals surface area contributed by atoms with Crippen LogP contribution in [0.5, 0.6) is 0 Å². The van der Waals surface area contributed by atoms with Gasteiger partial charge in [0.25, 0.3) is 5.91 Å². The number of carbonyl (C=O) groups is 1. The second-order valence-electron chi connectivity index (χ2n) is 9.05. The predicted molar refractivity (Wildman–Crippen MR) is 124 cm³/mol. The van der Waals surface area contributed by atoms with E-state index in [2.05, 4.69) is 45.1 Å². The van der Waals surface area contributed by atoms with Gasteiger partial charge in [-0.3, -0.25) is 4.79 Å². The van der Waals surface area contributed by atoms with Gasteiger partial charge >= 0.3 is 0 Å². The van der Waals surface area contributed by atoms with Crippen molar-refractivity contribution in [3.63, 3.8) is 0 Å². The molecule has 2 aromatic heterocycles. The Labute approximate surface area is 183 Å². The maximum atomic E-state index is 13.3. The summed E-state index contributed by atoms with van der Waals surface area (Å²) in [5, 5.41) is 7.84. The fourth-order valence-corrected chi connectivity index (χ4v) is 3.47.